The van der Waals surface area contributed by atoms with Gasteiger partial charge in [-0.25, -0.2) is 4.39 Å². The van der Waals surface area contributed by atoms with Crippen LogP contribution < -0.4 is 0 Å². The zero-order chi connectivity index (χ0) is 12.7. The lowest BCUT2D eigenvalue weighted by Gasteiger charge is -2.49. The summed E-state index contributed by atoms with van der Waals surface area (Å²) in [6.07, 6.45) is 1.16. The summed E-state index contributed by atoms with van der Waals surface area (Å²) in [5.41, 5.74) is 0.0383. The second-order valence-corrected chi connectivity index (χ2v) is 6.78. The van der Waals surface area contributed by atoms with E-state index in [0.29, 0.717) is 17.7 Å². The van der Waals surface area contributed by atoms with E-state index in [4.69, 9.17) is 0 Å². The number of thioether (sulfide) groups is 1. The van der Waals surface area contributed by atoms with E-state index in [1.807, 2.05) is 13.8 Å². The van der Waals surface area contributed by atoms with Crippen molar-refractivity contribution in [1.82, 2.24) is 0 Å². The fourth-order valence-electron chi connectivity index (χ4n) is 2.50. The van der Waals surface area contributed by atoms with E-state index < -0.39 is 10.7 Å². The summed E-state index contributed by atoms with van der Waals surface area (Å²) >= 11 is 1.14. The van der Waals surface area contributed by atoms with Gasteiger partial charge in [0.05, 0.1) is 0 Å². The van der Waals surface area contributed by atoms with Gasteiger partial charge < -0.3 is 5.11 Å². The Morgan fingerprint density at radius 2 is 1.94 bits per heavy atom. The molecule has 0 atom stereocenters. The fourth-order valence-corrected chi connectivity index (χ4v) is 4.25. The number of rotatable bonds is 3. The predicted molar refractivity (Wildman–Crippen MR) is 65.6 cm³/mol. The number of aliphatic carboxylic acids is 1. The van der Waals surface area contributed by atoms with Crippen LogP contribution in [0.4, 0.5) is 4.39 Å². The van der Waals surface area contributed by atoms with Crippen molar-refractivity contribution in [2.45, 2.75) is 36.3 Å². The Hall–Kier alpha value is -1.03. The van der Waals surface area contributed by atoms with Crippen molar-refractivity contribution >= 4 is 17.7 Å². The van der Waals surface area contributed by atoms with Gasteiger partial charge in [-0.15, -0.1) is 11.8 Å². The highest BCUT2D eigenvalue weighted by Crippen LogP contribution is 2.57. The molecule has 2 nitrogen and oxygen atoms in total. The molecule has 0 aliphatic heterocycles. The molecule has 0 aromatic heterocycles. The maximum Gasteiger partial charge on any atom is 0.320 e. The van der Waals surface area contributed by atoms with Crippen molar-refractivity contribution in [3.8, 4) is 0 Å². The molecule has 0 spiro atoms. The predicted octanol–water partition coefficient (Wildman–Crippen LogP) is 3.56. The zero-order valence-electron chi connectivity index (χ0n) is 9.87. The minimum absolute atomic E-state index is 0.0383. The molecule has 0 amide bonds. The first-order valence-corrected chi connectivity index (χ1v) is 6.33. The monoisotopic (exact) mass is 254 g/mol. The van der Waals surface area contributed by atoms with Crippen molar-refractivity contribution in [1.29, 1.82) is 0 Å². The van der Waals surface area contributed by atoms with Crippen LogP contribution in [-0.4, -0.2) is 15.8 Å². The van der Waals surface area contributed by atoms with Gasteiger partial charge in [0.2, 0.25) is 0 Å². The van der Waals surface area contributed by atoms with E-state index in [9.17, 15) is 14.3 Å². The minimum atomic E-state index is -0.855. The number of hydrogen-bond acceptors (Lipinski definition) is 2. The van der Waals surface area contributed by atoms with Crippen LogP contribution in [0.5, 0.6) is 0 Å². The van der Waals surface area contributed by atoms with Crippen LogP contribution in [0.25, 0.3) is 0 Å². The van der Waals surface area contributed by atoms with Crippen molar-refractivity contribution < 1.29 is 14.3 Å². The maximum absolute atomic E-state index is 13.5. The van der Waals surface area contributed by atoms with E-state index in [1.165, 1.54) is 6.07 Å². The summed E-state index contributed by atoms with van der Waals surface area (Å²) in [5.74, 6) is -1.19. The Morgan fingerprint density at radius 1 is 1.35 bits per heavy atom. The third kappa shape index (κ3) is 2.32. The third-order valence-corrected chi connectivity index (χ3v) is 4.46. The van der Waals surface area contributed by atoms with Crippen LogP contribution in [0.3, 0.4) is 0 Å². The molecule has 1 N–H and O–H groups in total. The molecule has 0 heterocycles. The van der Waals surface area contributed by atoms with Crippen LogP contribution in [0.15, 0.2) is 29.2 Å². The molecule has 1 aromatic carbocycles. The molecule has 17 heavy (non-hydrogen) atoms. The highest BCUT2D eigenvalue weighted by Gasteiger charge is 2.55. The smallest absolute Gasteiger partial charge is 0.320 e. The molecule has 0 radical (unpaired) electrons. The number of carbonyl (C=O) groups is 1. The largest absolute Gasteiger partial charge is 0.480 e. The second kappa shape index (κ2) is 4.02. The molecule has 0 unspecified atom stereocenters. The van der Waals surface area contributed by atoms with Gasteiger partial charge in [0.1, 0.15) is 10.6 Å². The topological polar surface area (TPSA) is 37.3 Å². The number of halogens is 1. The number of benzene rings is 1. The lowest BCUT2D eigenvalue weighted by molar-refractivity contribution is -0.145. The second-order valence-electron chi connectivity index (χ2n) is 5.35. The maximum atomic E-state index is 13.5. The van der Waals surface area contributed by atoms with Crippen molar-refractivity contribution in [2.75, 3.05) is 0 Å². The molecule has 0 saturated heterocycles. The molecular formula is C13H15FO2S. The van der Waals surface area contributed by atoms with Gasteiger partial charge in [0.15, 0.2) is 0 Å². The molecule has 1 aliphatic carbocycles. The summed E-state index contributed by atoms with van der Waals surface area (Å²) in [6, 6.07) is 6.33. The summed E-state index contributed by atoms with van der Waals surface area (Å²) in [5, 5.41) is 9.32. The molecule has 1 aromatic rings. The zero-order valence-corrected chi connectivity index (χ0v) is 10.7. The van der Waals surface area contributed by atoms with Gasteiger partial charge in [-0.2, -0.15) is 0 Å². The number of hydrogen-bond donors (Lipinski definition) is 1. The summed E-state index contributed by atoms with van der Waals surface area (Å²) < 4.78 is 12.7. The molecule has 92 valence electrons. The highest BCUT2D eigenvalue weighted by molar-refractivity contribution is 8.01. The minimum Gasteiger partial charge on any atom is -0.480 e. The SMILES string of the molecule is CC1(C)CC(Sc2ccccc2F)(C(=O)O)C1. The lowest BCUT2D eigenvalue weighted by atomic mass is 9.64. The van der Waals surface area contributed by atoms with E-state index >= 15 is 0 Å². The molecule has 4 heteroatoms. The van der Waals surface area contributed by atoms with Crippen LogP contribution >= 0.6 is 11.8 Å². The first kappa shape index (κ1) is 12.4. The summed E-state index contributed by atoms with van der Waals surface area (Å²) in [6.45, 7) is 4.08. The average Bonchev–Trinajstić information content (AvgIpc) is 2.18. The number of carboxylic acid groups (broad SMARTS) is 1. The Balaban J connectivity index is 2.22. The molecular weight excluding hydrogens is 239 g/mol. The average molecular weight is 254 g/mol. The van der Waals surface area contributed by atoms with Crippen LogP contribution in [0.1, 0.15) is 26.7 Å². The fraction of sp³-hybridized carbons (Fsp3) is 0.462. The van der Waals surface area contributed by atoms with Crippen molar-refractivity contribution in [3.05, 3.63) is 30.1 Å². The molecule has 1 fully saturated rings. The quantitative estimate of drug-likeness (QED) is 0.896. The van der Waals surface area contributed by atoms with Crippen LogP contribution in [0.2, 0.25) is 0 Å². The summed E-state index contributed by atoms with van der Waals surface area (Å²) in [4.78, 5) is 11.8. The van der Waals surface area contributed by atoms with Crippen molar-refractivity contribution in [3.63, 3.8) is 0 Å². The van der Waals surface area contributed by atoms with Crippen LogP contribution in [-0.2, 0) is 4.79 Å². The Labute approximate surface area is 104 Å². The Kier molecular flexibility index (Phi) is 2.94. The van der Waals surface area contributed by atoms with E-state index in [1.54, 1.807) is 18.2 Å². The van der Waals surface area contributed by atoms with E-state index in [-0.39, 0.29) is 11.2 Å². The van der Waals surface area contributed by atoms with Gasteiger partial charge in [-0.3, -0.25) is 4.79 Å². The standard InChI is InChI=1S/C13H15FO2S/c1-12(2)7-13(8-12,11(15)16)17-10-6-4-3-5-9(10)14/h3-6H,7-8H2,1-2H3,(H,15,16). The Morgan fingerprint density at radius 3 is 2.41 bits per heavy atom. The van der Waals surface area contributed by atoms with Gasteiger partial charge >= 0.3 is 5.97 Å². The molecule has 2 rings (SSSR count). The van der Waals surface area contributed by atoms with E-state index in [2.05, 4.69) is 0 Å². The Bertz CT molecular complexity index is 448. The first-order valence-electron chi connectivity index (χ1n) is 5.52. The van der Waals surface area contributed by atoms with E-state index in [0.717, 1.165) is 11.8 Å². The van der Waals surface area contributed by atoms with Crippen LogP contribution in [0, 0.1) is 11.2 Å². The van der Waals surface area contributed by atoms with Gasteiger partial charge in [0, 0.05) is 4.90 Å². The van der Waals surface area contributed by atoms with Crippen molar-refractivity contribution in [2.24, 2.45) is 5.41 Å². The molecule has 1 saturated carbocycles. The first-order chi connectivity index (χ1) is 7.85. The van der Waals surface area contributed by atoms with Gasteiger partial charge in [-0.05, 0) is 30.4 Å². The normalized spacial score (nSPS) is 20.6. The number of carboxylic acids is 1. The highest BCUT2D eigenvalue weighted by atomic mass is 32.2. The summed E-state index contributed by atoms with van der Waals surface area (Å²) in [7, 11) is 0. The third-order valence-electron chi connectivity index (χ3n) is 3.06. The molecule has 1 aliphatic rings. The van der Waals surface area contributed by atoms with Gasteiger partial charge in [0.25, 0.3) is 0 Å². The lowest BCUT2D eigenvalue weighted by Crippen LogP contribution is -2.52. The van der Waals surface area contributed by atoms with Gasteiger partial charge in [-0.1, -0.05) is 26.0 Å². The molecule has 0 bridgehead atoms.